The highest BCUT2D eigenvalue weighted by Gasteiger charge is 2.12. The van der Waals surface area contributed by atoms with Crippen LogP contribution in [0.1, 0.15) is 41.2 Å². The number of carbonyl (C=O) groups is 2. The molecule has 0 saturated heterocycles. The van der Waals surface area contributed by atoms with E-state index in [4.69, 9.17) is 0 Å². The Kier molecular flexibility index (Phi) is 5.55. The molecule has 6 heteroatoms. The summed E-state index contributed by atoms with van der Waals surface area (Å²) in [6.45, 7) is 4.16. The number of hydrogen-bond donors (Lipinski definition) is 2. The summed E-state index contributed by atoms with van der Waals surface area (Å²) >= 11 is 9.03. The van der Waals surface area contributed by atoms with E-state index in [1.54, 1.807) is 23.9 Å². The predicted octanol–water partition coefficient (Wildman–Crippen LogP) is 3.11. The molecule has 92 valence electrons. The highest BCUT2D eigenvalue weighted by molar-refractivity contribution is 8.00. The van der Waals surface area contributed by atoms with Crippen LogP contribution >= 0.6 is 37.0 Å². The summed E-state index contributed by atoms with van der Waals surface area (Å²) in [5, 5.41) is -0.497. The first-order valence-electron chi connectivity index (χ1n) is 5.09. The fourth-order valence-electron chi connectivity index (χ4n) is 1.11. The van der Waals surface area contributed by atoms with E-state index in [1.807, 2.05) is 0 Å². The molecule has 1 aromatic rings. The summed E-state index contributed by atoms with van der Waals surface area (Å²) in [5.74, 6) is 0. The molecule has 0 aliphatic carbocycles. The molecule has 0 saturated carbocycles. The van der Waals surface area contributed by atoms with Crippen LogP contribution in [0.2, 0.25) is 0 Å². The van der Waals surface area contributed by atoms with Crippen molar-refractivity contribution >= 4 is 47.3 Å². The van der Waals surface area contributed by atoms with Crippen LogP contribution in [0.4, 0.5) is 0 Å². The van der Waals surface area contributed by atoms with Crippen molar-refractivity contribution in [1.29, 1.82) is 0 Å². The summed E-state index contributed by atoms with van der Waals surface area (Å²) in [6, 6.07) is 3.29. The van der Waals surface area contributed by atoms with Crippen molar-refractivity contribution in [3.63, 3.8) is 0 Å². The molecule has 0 N–H and O–H groups in total. The van der Waals surface area contributed by atoms with Gasteiger partial charge < -0.3 is 0 Å². The van der Waals surface area contributed by atoms with Gasteiger partial charge in [-0.15, -0.1) is 11.8 Å². The lowest BCUT2D eigenvalue weighted by molar-refractivity contribution is 0.108. The molecule has 0 spiro atoms. The summed E-state index contributed by atoms with van der Waals surface area (Å²) in [5.41, 5.74) is 0.359. The van der Waals surface area contributed by atoms with Gasteiger partial charge in [0.15, 0.2) is 0 Å². The number of nitrogens with zero attached hydrogens (tertiary/aromatic N) is 1. The molecular formula is C11H13NO2S3. The van der Waals surface area contributed by atoms with Crippen molar-refractivity contribution in [3.05, 3.63) is 23.5 Å². The summed E-state index contributed by atoms with van der Waals surface area (Å²) in [4.78, 5) is 27.1. The first-order chi connectivity index (χ1) is 7.93. The van der Waals surface area contributed by atoms with Gasteiger partial charge in [-0.1, -0.05) is 39.1 Å². The molecule has 0 radical (unpaired) electrons. The maximum absolute atomic E-state index is 11.2. The summed E-state index contributed by atoms with van der Waals surface area (Å²) in [7, 11) is 0. The zero-order valence-electron chi connectivity index (χ0n) is 9.51. The van der Waals surface area contributed by atoms with E-state index in [0.29, 0.717) is 5.25 Å². The van der Waals surface area contributed by atoms with Gasteiger partial charge in [-0.2, -0.15) is 0 Å². The molecule has 0 aromatic carbocycles. The third kappa shape index (κ3) is 4.37. The lowest BCUT2D eigenvalue weighted by Crippen LogP contribution is -2.03. The lowest BCUT2D eigenvalue weighted by Gasteiger charge is -2.09. The number of rotatable bonds is 5. The Hall–Kier alpha value is -0.460. The standard InChI is InChI=1S/C11H13NO2S3/c1-3-6(2)17-7-4-8(10(13)15)12-9(5-7)11(14)16/h4-6H,3H2,1-2H3,(H,13,15)(H,14,16). The minimum atomic E-state index is -0.451. The Balaban J connectivity index is 3.12. The third-order valence-electron chi connectivity index (χ3n) is 2.15. The van der Waals surface area contributed by atoms with Crippen molar-refractivity contribution in [2.24, 2.45) is 0 Å². The van der Waals surface area contributed by atoms with Crippen LogP contribution in [0.15, 0.2) is 17.0 Å². The van der Waals surface area contributed by atoms with Gasteiger partial charge >= 0.3 is 0 Å². The molecule has 3 nitrogen and oxygen atoms in total. The van der Waals surface area contributed by atoms with E-state index in [2.05, 4.69) is 44.1 Å². The van der Waals surface area contributed by atoms with Gasteiger partial charge in [0.2, 0.25) is 10.2 Å². The summed E-state index contributed by atoms with van der Waals surface area (Å²) in [6.07, 6.45) is 1.00. The van der Waals surface area contributed by atoms with E-state index in [0.717, 1.165) is 11.3 Å². The number of pyridine rings is 1. The van der Waals surface area contributed by atoms with Gasteiger partial charge in [0.25, 0.3) is 0 Å². The molecule has 0 fully saturated rings. The van der Waals surface area contributed by atoms with Crippen molar-refractivity contribution in [3.8, 4) is 0 Å². The SMILES string of the molecule is CCC(C)Sc1cc(C(=O)S)nc(C(=O)S)c1. The molecule has 17 heavy (non-hydrogen) atoms. The van der Waals surface area contributed by atoms with Crippen molar-refractivity contribution in [1.82, 2.24) is 4.98 Å². The normalized spacial score (nSPS) is 12.2. The van der Waals surface area contributed by atoms with Crippen LogP contribution in [-0.2, 0) is 0 Å². The topological polar surface area (TPSA) is 47.0 Å². The van der Waals surface area contributed by atoms with Crippen LogP contribution < -0.4 is 0 Å². The van der Waals surface area contributed by atoms with Gasteiger partial charge in [-0.25, -0.2) is 4.98 Å². The van der Waals surface area contributed by atoms with Crippen LogP contribution in [0.5, 0.6) is 0 Å². The Morgan fingerprint density at radius 2 is 1.76 bits per heavy atom. The van der Waals surface area contributed by atoms with Crippen LogP contribution in [0, 0.1) is 0 Å². The second-order valence-corrected chi connectivity index (χ2v) is 5.84. The predicted molar refractivity (Wildman–Crippen MR) is 76.5 cm³/mol. The van der Waals surface area contributed by atoms with Gasteiger partial charge in [-0.3, -0.25) is 9.59 Å². The molecule has 1 rings (SSSR count). The zero-order valence-corrected chi connectivity index (χ0v) is 12.1. The van der Waals surface area contributed by atoms with E-state index < -0.39 is 10.2 Å². The molecule has 1 atom stereocenters. The zero-order chi connectivity index (χ0) is 13.0. The highest BCUT2D eigenvalue weighted by Crippen LogP contribution is 2.26. The van der Waals surface area contributed by atoms with Gasteiger partial charge in [0.05, 0.1) is 0 Å². The van der Waals surface area contributed by atoms with Crippen LogP contribution in [0.25, 0.3) is 0 Å². The van der Waals surface area contributed by atoms with Crippen LogP contribution in [-0.4, -0.2) is 20.5 Å². The fraction of sp³-hybridized carbons (Fsp3) is 0.364. The first-order valence-corrected chi connectivity index (χ1v) is 6.86. The van der Waals surface area contributed by atoms with Gasteiger partial charge in [0, 0.05) is 10.1 Å². The van der Waals surface area contributed by atoms with Gasteiger partial charge in [0.1, 0.15) is 11.4 Å². The number of thiol groups is 2. The molecule has 1 heterocycles. The highest BCUT2D eigenvalue weighted by atomic mass is 32.2. The largest absolute Gasteiger partial charge is 0.280 e. The Morgan fingerprint density at radius 3 is 2.12 bits per heavy atom. The number of thioether (sulfide) groups is 1. The maximum Gasteiger partial charge on any atom is 0.234 e. The smallest absolute Gasteiger partial charge is 0.234 e. The van der Waals surface area contributed by atoms with Crippen molar-refractivity contribution < 1.29 is 9.59 Å². The second-order valence-electron chi connectivity index (χ2n) is 3.52. The first kappa shape index (κ1) is 14.6. The number of carbonyl (C=O) groups excluding carboxylic acids is 2. The second kappa shape index (κ2) is 6.47. The van der Waals surface area contributed by atoms with E-state index in [1.165, 1.54) is 0 Å². The lowest BCUT2D eigenvalue weighted by atomic mass is 10.3. The van der Waals surface area contributed by atoms with E-state index in [-0.39, 0.29) is 11.4 Å². The third-order valence-corrected chi connectivity index (χ3v) is 3.85. The summed E-state index contributed by atoms with van der Waals surface area (Å²) < 4.78 is 0. The molecule has 0 amide bonds. The molecule has 0 aliphatic heterocycles. The minimum Gasteiger partial charge on any atom is -0.280 e. The van der Waals surface area contributed by atoms with Crippen LogP contribution in [0.3, 0.4) is 0 Å². The number of aromatic nitrogens is 1. The Morgan fingerprint density at radius 1 is 1.29 bits per heavy atom. The monoisotopic (exact) mass is 287 g/mol. The van der Waals surface area contributed by atoms with E-state index >= 15 is 0 Å². The Labute approximate surface area is 116 Å². The number of hydrogen-bond acceptors (Lipinski definition) is 4. The quantitative estimate of drug-likeness (QED) is 0.645. The fourth-order valence-corrected chi connectivity index (χ4v) is 2.33. The Bertz CT molecular complexity index is 416. The minimum absolute atomic E-state index is 0.180. The van der Waals surface area contributed by atoms with Crippen molar-refractivity contribution in [2.45, 2.75) is 30.4 Å². The maximum atomic E-state index is 11.2. The molecular weight excluding hydrogens is 274 g/mol. The van der Waals surface area contributed by atoms with Gasteiger partial charge in [-0.05, 0) is 18.6 Å². The average molecular weight is 287 g/mol. The molecule has 0 bridgehead atoms. The van der Waals surface area contributed by atoms with E-state index in [9.17, 15) is 9.59 Å². The molecule has 0 aliphatic rings. The molecule has 1 unspecified atom stereocenters. The average Bonchev–Trinajstić information content (AvgIpc) is 2.28. The van der Waals surface area contributed by atoms with Crippen molar-refractivity contribution in [2.75, 3.05) is 0 Å². The molecule has 1 aromatic heterocycles.